The topological polar surface area (TPSA) is 70.8 Å². The van der Waals surface area contributed by atoms with Crippen molar-refractivity contribution >= 4 is 46.3 Å². The lowest BCUT2D eigenvalue weighted by molar-refractivity contribution is -0.144. The largest absolute Gasteiger partial charge is 0.480 e. The van der Waals surface area contributed by atoms with E-state index in [9.17, 15) is 22.8 Å². The first-order valence-electron chi connectivity index (χ1n) is 7.86. The number of carboxylic acids is 1. The molecule has 2 heterocycles. The molecule has 28 heavy (non-hydrogen) atoms. The van der Waals surface area contributed by atoms with Crippen LogP contribution in [0.25, 0.3) is 17.4 Å². The second-order valence-electron chi connectivity index (χ2n) is 5.81. The van der Waals surface area contributed by atoms with Crippen molar-refractivity contribution in [3.8, 4) is 11.3 Å². The monoisotopic (exact) mass is 427 g/mol. The van der Waals surface area contributed by atoms with Crippen LogP contribution in [0.15, 0.2) is 45.7 Å². The van der Waals surface area contributed by atoms with Crippen LogP contribution in [0.3, 0.4) is 0 Å². The van der Waals surface area contributed by atoms with Crippen LogP contribution in [-0.2, 0) is 15.8 Å². The average molecular weight is 427 g/mol. The number of hydrogen-bond donors (Lipinski definition) is 1. The third kappa shape index (κ3) is 3.83. The van der Waals surface area contributed by atoms with Gasteiger partial charge in [-0.15, -0.1) is 0 Å². The van der Waals surface area contributed by atoms with Gasteiger partial charge in [0.25, 0.3) is 5.91 Å². The predicted octanol–water partition coefficient (Wildman–Crippen LogP) is 4.64. The molecule has 1 saturated heterocycles. The van der Waals surface area contributed by atoms with Gasteiger partial charge in [0.2, 0.25) is 0 Å². The SMILES string of the molecule is CC(C(=O)O)N1C(=O)/C(=C/c2ccc(-c3ccccc3C(F)(F)F)o2)SC1=S. The van der Waals surface area contributed by atoms with Gasteiger partial charge in [0.1, 0.15) is 21.9 Å². The highest BCUT2D eigenvalue weighted by molar-refractivity contribution is 8.26. The van der Waals surface area contributed by atoms with Crippen molar-refractivity contribution in [2.24, 2.45) is 0 Å². The number of alkyl halides is 3. The van der Waals surface area contributed by atoms with Crippen LogP contribution in [0, 0.1) is 0 Å². The summed E-state index contributed by atoms with van der Waals surface area (Å²) in [5.41, 5.74) is -0.959. The van der Waals surface area contributed by atoms with Gasteiger partial charge in [-0.3, -0.25) is 9.69 Å². The van der Waals surface area contributed by atoms with Gasteiger partial charge in [0, 0.05) is 11.6 Å². The lowest BCUT2D eigenvalue weighted by Crippen LogP contribution is -2.41. The summed E-state index contributed by atoms with van der Waals surface area (Å²) in [5, 5.41) is 9.08. The summed E-state index contributed by atoms with van der Waals surface area (Å²) in [4.78, 5) is 24.6. The van der Waals surface area contributed by atoms with Crippen molar-refractivity contribution in [2.45, 2.75) is 19.1 Å². The number of benzene rings is 1. The summed E-state index contributed by atoms with van der Waals surface area (Å²) in [5.74, 6) is -1.66. The number of carbonyl (C=O) groups excluding carboxylic acids is 1. The minimum atomic E-state index is -4.54. The van der Waals surface area contributed by atoms with Crippen molar-refractivity contribution in [3.05, 3.63) is 52.6 Å². The molecule has 10 heteroatoms. The molecule has 3 rings (SSSR count). The standard InChI is InChI=1S/C18H12F3NO4S2/c1-9(16(24)25)22-15(23)14(28-17(22)27)8-10-6-7-13(26-10)11-4-2-3-5-12(11)18(19,20)21/h2-9H,1H3,(H,24,25)/b14-8-. The Labute approximate surface area is 166 Å². The number of thioether (sulfide) groups is 1. The molecule has 1 unspecified atom stereocenters. The van der Waals surface area contributed by atoms with E-state index < -0.39 is 29.7 Å². The molecule has 0 radical (unpaired) electrons. The van der Waals surface area contributed by atoms with Crippen LogP contribution in [0.5, 0.6) is 0 Å². The van der Waals surface area contributed by atoms with Gasteiger partial charge in [0.15, 0.2) is 0 Å². The fraction of sp³-hybridized carbons (Fsp3) is 0.167. The van der Waals surface area contributed by atoms with E-state index >= 15 is 0 Å². The van der Waals surface area contributed by atoms with Gasteiger partial charge in [-0.25, -0.2) is 4.79 Å². The highest BCUT2D eigenvalue weighted by atomic mass is 32.2. The highest BCUT2D eigenvalue weighted by Crippen LogP contribution is 2.38. The molecule has 0 aliphatic carbocycles. The number of hydrogen-bond acceptors (Lipinski definition) is 5. The van der Waals surface area contributed by atoms with Crippen LogP contribution >= 0.6 is 24.0 Å². The quantitative estimate of drug-likeness (QED) is 0.566. The Bertz CT molecular complexity index is 997. The maximum atomic E-state index is 13.2. The molecule has 1 aromatic carbocycles. The fourth-order valence-electron chi connectivity index (χ4n) is 2.57. The van der Waals surface area contributed by atoms with Crippen molar-refractivity contribution < 1.29 is 32.3 Å². The van der Waals surface area contributed by atoms with Crippen molar-refractivity contribution in [1.82, 2.24) is 4.90 Å². The van der Waals surface area contributed by atoms with Crippen LogP contribution in [0.1, 0.15) is 18.2 Å². The number of furan rings is 1. The summed E-state index contributed by atoms with van der Waals surface area (Å²) in [7, 11) is 0. The van der Waals surface area contributed by atoms with Gasteiger partial charge >= 0.3 is 12.1 Å². The number of amides is 1. The zero-order valence-electron chi connectivity index (χ0n) is 14.2. The summed E-state index contributed by atoms with van der Waals surface area (Å²) >= 11 is 5.95. The molecular weight excluding hydrogens is 415 g/mol. The molecule has 1 atom stereocenters. The summed E-state index contributed by atoms with van der Waals surface area (Å²) < 4.78 is 45.1. The van der Waals surface area contributed by atoms with Crippen LogP contribution in [-0.4, -0.2) is 32.2 Å². The molecule has 0 spiro atoms. The van der Waals surface area contributed by atoms with Crippen LogP contribution < -0.4 is 0 Å². The zero-order chi connectivity index (χ0) is 20.6. The fourth-order valence-corrected chi connectivity index (χ4v) is 3.97. The van der Waals surface area contributed by atoms with Gasteiger partial charge in [-0.05, 0) is 25.1 Å². The van der Waals surface area contributed by atoms with Crippen molar-refractivity contribution in [3.63, 3.8) is 0 Å². The van der Waals surface area contributed by atoms with E-state index in [1.807, 2.05) is 0 Å². The number of nitrogens with zero attached hydrogens (tertiary/aromatic N) is 1. The molecule has 5 nitrogen and oxygen atoms in total. The number of aliphatic carboxylic acids is 1. The predicted molar refractivity (Wildman–Crippen MR) is 101 cm³/mol. The Morgan fingerprint density at radius 2 is 1.96 bits per heavy atom. The molecule has 0 bridgehead atoms. The van der Waals surface area contributed by atoms with Crippen molar-refractivity contribution in [1.29, 1.82) is 0 Å². The molecule has 1 aliphatic rings. The Hall–Kier alpha value is -2.59. The van der Waals surface area contributed by atoms with Gasteiger partial charge < -0.3 is 9.52 Å². The third-order valence-electron chi connectivity index (χ3n) is 3.97. The smallest absolute Gasteiger partial charge is 0.417 e. The summed E-state index contributed by atoms with van der Waals surface area (Å²) in [6.45, 7) is 1.33. The zero-order valence-corrected chi connectivity index (χ0v) is 15.8. The van der Waals surface area contributed by atoms with Gasteiger partial charge in [-0.2, -0.15) is 13.2 Å². The first-order chi connectivity index (χ1) is 13.1. The summed E-state index contributed by atoms with van der Waals surface area (Å²) in [6.07, 6.45) is -3.22. The molecule has 1 N–H and O–H groups in total. The first-order valence-corrected chi connectivity index (χ1v) is 9.08. The minimum Gasteiger partial charge on any atom is -0.480 e. The van der Waals surface area contributed by atoms with Gasteiger partial charge in [-0.1, -0.05) is 42.2 Å². The number of halogens is 3. The molecule has 146 valence electrons. The maximum absolute atomic E-state index is 13.2. The van der Waals surface area contributed by atoms with Crippen molar-refractivity contribution in [2.75, 3.05) is 0 Å². The lowest BCUT2D eigenvalue weighted by atomic mass is 10.1. The van der Waals surface area contributed by atoms with Gasteiger partial charge in [0.05, 0.1) is 10.5 Å². The van der Waals surface area contributed by atoms with E-state index in [0.29, 0.717) is 0 Å². The first kappa shape index (κ1) is 20.2. The average Bonchev–Trinajstić information content (AvgIpc) is 3.19. The lowest BCUT2D eigenvalue weighted by Gasteiger charge is -2.18. The number of rotatable bonds is 4. The Balaban J connectivity index is 1.92. The number of thiocarbonyl (C=S) groups is 1. The highest BCUT2D eigenvalue weighted by Gasteiger charge is 2.38. The molecule has 1 aromatic heterocycles. The van der Waals surface area contributed by atoms with E-state index in [0.717, 1.165) is 22.7 Å². The molecule has 1 amide bonds. The molecule has 1 fully saturated rings. The van der Waals surface area contributed by atoms with E-state index in [2.05, 4.69) is 0 Å². The van der Waals surface area contributed by atoms with E-state index in [1.54, 1.807) is 0 Å². The van der Waals surface area contributed by atoms with E-state index in [-0.39, 0.29) is 26.3 Å². The van der Waals surface area contributed by atoms with Crippen LogP contribution in [0.2, 0.25) is 0 Å². The second-order valence-corrected chi connectivity index (χ2v) is 7.49. The molecule has 1 aliphatic heterocycles. The molecule has 2 aromatic rings. The Morgan fingerprint density at radius 1 is 1.29 bits per heavy atom. The Morgan fingerprint density at radius 3 is 2.61 bits per heavy atom. The molecular formula is C18H12F3NO4S2. The third-order valence-corrected chi connectivity index (χ3v) is 5.30. The minimum absolute atomic E-state index is 0.00597. The maximum Gasteiger partial charge on any atom is 0.417 e. The Kier molecular flexibility index (Phi) is 5.35. The summed E-state index contributed by atoms with van der Waals surface area (Å²) in [6, 6.07) is 6.66. The molecule has 0 saturated carbocycles. The normalized spacial score (nSPS) is 17.4. The number of carbonyl (C=O) groups is 2. The number of carboxylic acid groups (broad SMARTS) is 1. The second kappa shape index (κ2) is 7.44. The van der Waals surface area contributed by atoms with Crippen LogP contribution in [0.4, 0.5) is 13.2 Å². The van der Waals surface area contributed by atoms with E-state index in [4.69, 9.17) is 21.7 Å². The van der Waals surface area contributed by atoms with E-state index in [1.165, 1.54) is 43.3 Å².